The second-order valence-electron chi connectivity index (χ2n) is 4.43. The number of esters is 2. The zero-order valence-corrected chi connectivity index (χ0v) is 12.1. The molecule has 0 aliphatic carbocycles. The Balaban J connectivity index is 3.35. The van der Waals surface area contributed by atoms with Gasteiger partial charge >= 0.3 is 24.3 Å². The van der Waals surface area contributed by atoms with Crippen molar-refractivity contribution in [2.45, 2.75) is 38.0 Å². The number of nitrogens with one attached hydrogen (secondary N) is 1. The highest BCUT2D eigenvalue weighted by Crippen LogP contribution is 2.17. The van der Waals surface area contributed by atoms with E-state index in [4.69, 9.17) is 0 Å². The average molecular weight is 353 g/mol. The number of unbranched alkanes of at least 4 members (excludes halogenated alkanes) is 2. The van der Waals surface area contributed by atoms with Gasteiger partial charge < -0.3 is 14.8 Å². The van der Waals surface area contributed by atoms with Crippen LogP contribution in [0.2, 0.25) is 0 Å². The maximum atomic E-state index is 11.8. The standard InChI is InChI=1S/C12H17F6NO4/c13-11(14,15)9(20)22-7-3-1-5-19-6-2-4-8-23-10(21)12(16,17)18/h19H,1-8H2. The van der Waals surface area contributed by atoms with Gasteiger partial charge in [0.25, 0.3) is 0 Å². The molecule has 0 aromatic heterocycles. The van der Waals surface area contributed by atoms with Gasteiger partial charge in [-0.15, -0.1) is 0 Å². The van der Waals surface area contributed by atoms with Crippen LogP contribution >= 0.6 is 0 Å². The number of ether oxygens (including phenoxy) is 2. The van der Waals surface area contributed by atoms with Crippen LogP contribution in [0.15, 0.2) is 0 Å². The third-order valence-corrected chi connectivity index (χ3v) is 2.43. The summed E-state index contributed by atoms with van der Waals surface area (Å²) in [4.78, 5) is 20.7. The smallest absolute Gasteiger partial charge is 0.459 e. The maximum Gasteiger partial charge on any atom is 0.490 e. The predicted molar refractivity (Wildman–Crippen MR) is 65.4 cm³/mol. The molecule has 0 aromatic carbocycles. The van der Waals surface area contributed by atoms with Gasteiger partial charge in [0.15, 0.2) is 0 Å². The number of alkyl halides is 6. The molecule has 0 aliphatic rings. The number of hydrogen-bond acceptors (Lipinski definition) is 5. The predicted octanol–water partition coefficient (Wildman–Crippen LogP) is 2.35. The summed E-state index contributed by atoms with van der Waals surface area (Å²) >= 11 is 0. The van der Waals surface area contributed by atoms with Crippen molar-refractivity contribution in [1.82, 2.24) is 5.32 Å². The van der Waals surface area contributed by atoms with Crippen LogP contribution in [0.4, 0.5) is 26.3 Å². The van der Waals surface area contributed by atoms with Crippen molar-refractivity contribution in [3.05, 3.63) is 0 Å². The summed E-state index contributed by atoms with van der Waals surface area (Å²) in [6.45, 7) is 0.221. The van der Waals surface area contributed by atoms with Gasteiger partial charge in [-0.05, 0) is 38.8 Å². The summed E-state index contributed by atoms with van der Waals surface area (Å²) in [6, 6.07) is 0. The summed E-state index contributed by atoms with van der Waals surface area (Å²) in [6.07, 6.45) is -8.56. The van der Waals surface area contributed by atoms with Crippen molar-refractivity contribution in [2.24, 2.45) is 0 Å². The van der Waals surface area contributed by atoms with E-state index < -0.39 is 24.3 Å². The largest absolute Gasteiger partial charge is 0.490 e. The molecule has 0 radical (unpaired) electrons. The molecule has 11 heteroatoms. The van der Waals surface area contributed by atoms with Crippen LogP contribution < -0.4 is 5.32 Å². The van der Waals surface area contributed by atoms with Gasteiger partial charge in [-0.3, -0.25) is 0 Å². The molecule has 0 unspecified atom stereocenters. The minimum absolute atomic E-state index is 0.248. The second kappa shape index (κ2) is 10.3. The van der Waals surface area contributed by atoms with Gasteiger partial charge in [0.1, 0.15) is 0 Å². The highest BCUT2D eigenvalue weighted by molar-refractivity contribution is 5.75. The quantitative estimate of drug-likeness (QED) is 0.371. The van der Waals surface area contributed by atoms with Crippen LogP contribution in [-0.4, -0.2) is 50.6 Å². The molecule has 0 heterocycles. The molecule has 1 N–H and O–H groups in total. The Bertz CT molecular complexity index is 336. The summed E-state index contributed by atoms with van der Waals surface area (Å²) in [5, 5.41) is 2.90. The molecule has 0 aromatic rings. The summed E-state index contributed by atoms with van der Waals surface area (Å²) in [5.41, 5.74) is 0. The van der Waals surface area contributed by atoms with E-state index >= 15 is 0 Å². The van der Waals surface area contributed by atoms with E-state index in [-0.39, 0.29) is 26.1 Å². The first-order chi connectivity index (χ1) is 10.5. The Labute approximate surface area is 128 Å². The summed E-state index contributed by atoms with van der Waals surface area (Å²) in [7, 11) is 0. The number of rotatable bonds is 10. The first-order valence-corrected chi connectivity index (χ1v) is 6.73. The number of hydrogen-bond donors (Lipinski definition) is 1. The number of halogens is 6. The third kappa shape index (κ3) is 11.7. The van der Waals surface area contributed by atoms with Crippen molar-refractivity contribution in [2.75, 3.05) is 26.3 Å². The molecule has 136 valence electrons. The van der Waals surface area contributed by atoms with Crippen LogP contribution in [0, 0.1) is 0 Å². The van der Waals surface area contributed by atoms with Crippen LogP contribution in [0.25, 0.3) is 0 Å². The highest BCUT2D eigenvalue weighted by Gasteiger charge is 2.41. The van der Waals surface area contributed by atoms with Crippen LogP contribution in [0.1, 0.15) is 25.7 Å². The van der Waals surface area contributed by atoms with Gasteiger partial charge in [-0.25, -0.2) is 9.59 Å². The molecular weight excluding hydrogens is 336 g/mol. The Hall–Kier alpha value is -1.52. The van der Waals surface area contributed by atoms with Crippen LogP contribution in [0.3, 0.4) is 0 Å². The molecule has 5 nitrogen and oxygen atoms in total. The lowest BCUT2D eigenvalue weighted by Gasteiger charge is -2.08. The van der Waals surface area contributed by atoms with Crippen molar-refractivity contribution in [3.63, 3.8) is 0 Å². The van der Waals surface area contributed by atoms with E-state index in [0.717, 1.165) is 0 Å². The van der Waals surface area contributed by atoms with Crippen molar-refractivity contribution >= 4 is 11.9 Å². The summed E-state index contributed by atoms with van der Waals surface area (Å²) in [5.74, 6) is -4.45. The second-order valence-corrected chi connectivity index (χ2v) is 4.43. The van der Waals surface area contributed by atoms with E-state index in [1.54, 1.807) is 0 Å². The number of carbonyl (C=O) groups is 2. The Morgan fingerprint density at radius 1 is 0.696 bits per heavy atom. The van der Waals surface area contributed by atoms with E-state index in [1.807, 2.05) is 0 Å². The van der Waals surface area contributed by atoms with Gasteiger partial charge in [0.05, 0.1) is 13.2 Å². The molecule has 0 fully saturated rings. The van der Waals surface area contributed by atoms with Crippen LogP contribution in [-0.2, 0) is 19.1 Å². The van der Waals surface area contributed by atoms with Gasteiger partial charge in [0.2, 0.25) is 0 Å². The molecule has 23 heavy (non-hydrogen) atoms. The zero-order chi connectivity index (χ0) is 17.9. The average Bonchev–Trinajstić information content (AvgIpc) is 2.42. The Morgan fingerprint density at radius 2 is 1.04 bits per heavy atom. The minimum Gasteiger partial charge on any atom is -0.459 e. The van der Waals surface area contributed by atoms with Crippen molar-refractivity contribution in [1.29, 1.82) is 0 Å². The first-order valence-electron chi connectivity index (χ1n) is 6.73. The minimum atomic E-state index is -4.99. The lowest BCUT2D eigenvalue weighted by atomic mass is 10.3. The molecule has 0 atom stereocenters. The molecule has 0 rings (SSSR count). The van der Waals surface area contributed by atoms with Gasteiger partial charge in [0, 0.05) is 0 Å². The van der Waals surface area contributed by atoms with Gasteiger partial charge in [-0.2, -0.15) is 26.3 Å². The lowest BCUT2D eigenvalue weighted by molar-refractivity contribution is -0.199. The highest BCUT2D eigenvalue weighted by atomic mass is 19.4. The molecule has 0 saturated heterocycles. The molecular formula is C12H17F6NO4. The van der Waals surface area contributed by atoms with Gasteiger partial charge in [-0.1, -0.05) is 0 Å². The zero-order valence-electron chi connectivity index (χ0n) is 12.1. The van der Waals surface area contributed by atoms with E-state index in [2.05, 4.69) is 14.8 Å². The Morgan fingerprint density at radius 3 is 1.35 bits per heavy atom. The first kappa shape index (κ1) is 21.5. The Kier molecular flexibility index (Phi) is 9.61. The molecule has 0 bridgehead atoms. The van der Waals surface area contributed by atoms with Crippen molar-refractivity contribution in [3.8, 4) is 0 Å². The third-order valence-electron chi connectivity index (χ3n) is 2.43. The van der Waals surface area contributed by atoms with E-state index in [0.29, 0.717) is 25.9 Å². The van der Waals surface area contributed by atoms with E-state index in [1.165, 1.54) is 0 Å². The molecule has 0 aliphatic heterocycles. The molecule has 0 saturated carbocycles. The van der Waals surface area contributed by atoms with Crippen LogP contribution in [0.5, 0.6) is 0 Å². The lowest BCUT2D eigenvalue weighted by Crippen LogP contribution is -2.26. The normalized spacial score (nSPS) is 12.1. The van der Waals surface area contributed by atoms with Crippen molar-refractivity contribution < 1.29 is 45.4 Å². The summed E-state index contributed by atoms with van der Waals surface area (Å²) < 4.78 is 78.5. The molecule has 0 amide bonds. The fourth-order valence-electron chi connectivity index (χ4n) is 1.32. The SMILES string of the molecule is O=C(OCCCCNCCCCOC(=O)C(F)(F)F)C(F)(F)F. The fraction of sp³-hybridized carbons (Fsp3) is 0.833. The topological polar surface area (TPSA) is 64.6 Å². The van der Waals surface area contributed by atoms with E-state index in [9.17, 15) is 35.9 Å². The number of carbonyl (C=O) groups excluding carboxylic acids is 2. The monoisotopic (exact) mass is 353 g/mol. The molecule has 0 spiro atoms. The fourth-order valence-corrected chi connectivity index (χ4v) is 1.32. The maximum absolute atomic E-state index is 11.8.